The fourth-order valence-electron chi connectivity index (χ4n) is 4.21. The van der Waals surface area contributed by atoms with Crippen LogP contribution in [0.1, 0.15) is 22.3 Å². The zero-order valence-corrected chi connectivity index (χ0v) is 16.5. The van der Waals surface area contributed by atoms with Gasteiger partial charge in [-0.05, 0) is 54.4 Å². The highest BCUT2D eigenvalue weighted by Crippen LogP contribution is 2.25. The molecule has 0 unspecified atom stereocenters. The van der Waals surface area contributed by atoms with Crippen LogP contribution in [0.15, 0.2) is 53.3 Å². The number of aromatic nitrogens is 1. The molecule has 7 heteroatoms. The highest BCUT2D eigenvalue weighted by Gasteiger charge is 2.24. The van der Waals surface area contributed by atoms with E-state index in [2.05, 4.69) is 21.3 Å². The largest absolute Gasteiger partial charge is 0.368 e. The summed E-state index contributed by atoms with van der Waals surface area (Å²) in [5.41, 5.74) is 4.31. The second-order valence-corrected chi connectivity index (χ2v) is 7.79. The van der Waals surface area contributed by atoms with Crippen LogP contribution < -0.4 is 15.8 Å². The molecule has 30 heavy (non-hydrogen) atoms. The molecule has 1 fully saturated rings. The summed E-state index contributed by atoms with van der Waals surface area (Å²) in [7, 11) is 0. The lowest BCUT2D eigenvalue weighted by atomic mass is 10.00. The third-order valence-electron chi connectivity index (χ3n) is 5.89. The Morgan fingerprint density at radius 3 is 2.53 bits per heavy atom. The van der Waals surface area contributed by atoms with Crippen molar-refractivity contribution in [1.29, 1.82) is 0 Å². The number of H-pyrrole nitrogens is 1. The Bertz CT molecular complexity index is 1210. The number of nitrogens with one attached hydrogen (secondary N) is 2. The summed E-state index contributed by atoms with van der Waals surface area (Å²) >= 11 is 0. The van der Waals surface area contributed by atoms with Crippen molar-refractivity contribution in [1.82, 2.24) is 9.88 Å². The van der Waals surface area contributed by atoms with E-state index in [1.165, 1.54) is 6.07 Å². The molecular formula is C23H22N4O3. The van der Waals surface area contributed by atoms with E-state index in [1.807, 2.05) is 35.2 Å². The van der Waals surface area contributed by atoms with Crippen LogP contribution in [0, 0.1) is 0 Å². The van der Waals surface area contributed by atoms with Crippen molar-refractivity contribution in [3.05, 3.63) is 70.0 Å². The van der Waals surface area contributed by atoms with Crippen LogP contribution in [-0.4, -0.2) is 47.9 Å². The number of fused-ring (bicyclic) bond motifs is 2. The van der Waals surface area contributed by atoms with Crippen molar-refractivity contribution in [3.8, 4) is 0 Å². The molecule has 1 saturated heterocycles. The molecule has 2 aromatic carbocycles. The number of nitrogens with zero attached hydrogens (tertiary/aromatic N) is 2. The summed E-state index contributed by atoms with van der Waals surface area (Å²) in [5.74, 6) is 0.0585. The maximum Gasteiger partial charge on any atom is 0.253 e. The third-order valence-corrected chi connectivity index (χ3v) is 5.89. The zero-order chi connectivity index (χ0) is 20.7. The average molecular weight is 402 g/mol. The van der Waals surface area contributed by atoms with E-state index in [-0.39, 0.29) is 17.4 Å². The molecule has 0 spiro atoms. The van der Waals surface area contributed by atoms with Crippen molar-refractivity contribution >= 4 is 34.1 Å². The van der Waals surface area contributed by atoms with Gasteiger partial charge in [-0.3, -0.25) is 14.4 Å². The van der Waals surface area contributed by atoms with Crippen molar-refractivity contribution in [2.45, 2.75) is 12.8 Å². The lowest BCUT2D eigenvalue weighted by Crippen LogP contribution is -2.48. The molecule has 2 aliphatic rings. The van der Waals surface area contributed by atoms with E-state index in [0.29, 0.717) is 31.5 Å². The van der Waals surface area contributed by atoms with Crippen LogP contribution in [-0.2, 0) is 11.2 Å². The smallest absolute Gasteiger partial charge is 0.253 e. The van der Waals surface area contributed by atoms with Gasteiger partial charge in [0.25, 0.3) is 5.91 Å². The molecule has 2 aliphatic heterocycles. The second-order valence-electron chi connectivity index (χ2n) is 7.79. The molecule has 3 heterocycles. The van der Waals surface area contributed by atoms with Gasteiger partial charge in [-0.1, -0.05) is 0 Å². The van der Waals surface area contributed by atoms with Gasteiger partial charge in [-0.15, -0.1) is 0 Å². The van der Waals surface area contributed by atoms with E-state index in [0.717, 1.165) is 40.9 Å². The molecule has 3 aromatic rings. The Kier molecular flexibility index (Phi) is 4.50. The van der Waals surface area contributed by atoms with Gasteiger partial charge >= 0.3 is 0 Å². The van der Waals surface area contributed by atoms with Crippen LogP contribution in [0.4, 0.5) is 11.4 Å². The number of benzene rings is 2. The van der Waals surface area contributed by atoms with E-state index in [4.69, 9.17) is 0 Å². The summed E-state index contributed by atoms with van der Waals surface area (Å²) in [4.78, 5) is 42.9. The number of hydrogen-bond donors (Lipinski definition) is 2. The Morgan fingerprint density at radius 2 is 1.70 bits per heavy atom. The monoisotopic (exact) mass is 402 g/mol. The molecule has 0 bridgehead atoms. The Balaban J connectivity index is 1.28. The van der Waals surface area contributed by atoms with Gasteiger partial charge in [0.1, 0.15) is 0 Å². The minimum atomic E-state index is -0.105. The topological polar surface area (TPSA) is 85.5 Å². The summed E-state index contributed by atoms with van der Waals surface area (Å²) < 4.78 is 0. The highest BCUT2D eigenvalue weighted by molar-refractivity contribution is 5.98. The molecule has 0 aliphatic carbocycles. The summed E-state index contributed by atoms with van der Waals surface area (Å²) in [6.07, 6.45) is 1.13. The summed E-state index contributed by atoms with van der Waals surface area (Å²) in [5, 5.41) is 3.85. The van der Waals surface area contributed by atoms with Gasteiger partial charge in [-0.25, -0.2) is 0 Å². The second kappa shape index (κ2) is 7.33. The standard InChI is InChI=1S/C23H22N4O3/c28-21-7-2-15-13-17(1-5-19(15)24-21)23(30)27-11-9-26(10-12-27)18-4-6-20-16(14-18)3-8-22(29)25-20/h1,3-6,8,13-14H,2,7,9-12H2,(H,24,28)(H,25,29). The van der Waals surface area contributed by atoms with Crippen LogP contribution in [0.5, 0.6) is 0 Å². The fraction of sp³-hybridized carbons (Fsp3) is 0.261. The summed E-state index contributed by atoms with van der Waals surface area (Å²) in [6.45, 7) is 2.80. The number of hydrogen-bond acceptors (Lipinski definition) is 4. The van der Waals surface area contributed by atoms with Crippen LogP contribution >= 0.6 is 0 Å². The van der Waals surface area contributed by atoms with Crippen LogP contribution in [0.25, 0.3) is 10.9 Å². The maximum atomic E-state index is 13.0. The minimum absolute atomic E-state index is 0.0257. The van der Waals surface area contributed by atoms with Crippen molar-refractivity contribution in [3.63, 3.8) is 0 Å². The van der Waals surface area contributed by atoms with E-state index < -0.39 is 0 Å². The molecule has 5 rings (SSSR count). The zero-order valence-electron chi connectivity index (χ0n) is 16.5. The van der Waals surface area contributed by atoms with Gasteiger partial charge in [0.15, 0.2) is 0 Å². The number of carbonyl (C=O) groups is 2. The lowest BCUT2D eigenvalue weighted by molar-refractivity contribution is -0.116. The quantitative estimate of drug-likeness (QED) is 0.689. The molecule has 0 atom stereocenters. The molecule has 2 amide bonds. The first kappa shape index (κ1) is 18.4. The first-order valence-corrected chi connectivity index (χ1v) is 10.2. The number of anilines is 2. The van der Waals surface area contributed by atoms with E-state index in [1.54, 1.807) is 6.07 Å². The summed E-state index contributed by atoms with van der Waals surface area (Å²) in [6, 6.07) is 14.9. The molecule has 0 radical (unpaired) electrons. The van der Waals surface area contributed by atoms with Crippen LogP contribution in [0.3, 0.4) is 0 Å². The van der Waals surface area contributed by atoms with Gasteiger partial charge in [-0.2, -0.15) is 0 Å². The van der Waals surface area contributed by atoms with E-state index in [9.17, 15) is 14.4 Å². The Morgan fingerprint density at radius 1 is 0.867 bits per heavy atom. The van der Waals surface area contributed by atoms with E-state index >= 15 is 0 Å². The number of piperazine rings is 1. The van der Waals surface area contributed by atoms with Crippen molar-refractivity contribution in [2.24, 2.45) is 0 Å². The molecular weight excluding hydrogens is 380 g/mol. The average Bonchev–Trinajstić information content (AvgIpc) is 2.78. The first-order valence-electron chi connectivity index (χ1n) is 10.2. The first-order chi connectivity index (χ1) is 14.6. The van der Waals surface area contributed by atoms with Crippen LogP contribution in [0.2, 0.25) is 0 Å². The number of aryl methyl sites for hydroxylation is 1. The van der Waals surface area contributed by atoms with Gasteiger partial charge in [0.2, 0.25) is 11.5 Å². The molecule has 7 nitrogen and oxygen atoms in total. The molecule has 0 saturated carbocycles. The van der Waals surface area contributed by atoms with Crippen molar-refractivity contribution in [2.75, 3.05) is 36.4 Å². The minimum Gasteiger partial charge on any atom is -0.368 e. The Hall–Kier alpha value is -3.61. The maximum absolute atomic E-state index is 13.0. The highest BCUT2D eigenvalue weighted by atomic mass is 16.2. The fourth-order valence-corrected chi connectivity index (χ4v) is 4.21. The van der Waals surface area contributed by atoms with Gasteiger partial charge in [0.05, 0.1) is 0 Å². The molecule has 152 valence electrons. The van der Waals surface area contributed by atoms with Crippen molar-refractivity contribution < 1.29 is 9.59 Å². The lowest BCUT2D eigenvalue weighted by Gasteiger charge is -2.36. The Labute approximate surface area is 173 Å². The SMILES string of the molecule is O=C1CCc2cc(C(=O)N3CCN(c4ccc5[nH]c(=O)ccc5c4)CC3)ccc2N1. The normalized spacial score (nSPS) is 16.3. The number of carbonyl (C=O) groups excluding carboxylic acids is 2. The van der Waals surface area contributed by atoms with Gasteiger partial charge in [0, 0.05) is 66.5 Å². The predicted octanol–water partition coefficient (Wildman–Crippen LogP) is 2.38. The number of rotatable bonds is 2. The number of aromatic amines is 1. The third kappa shape index (κ3) is 3.43. The number of amides is 2. The predicted molar refractivity (Wildman–Crippen MR) is 116 cm³/mol. The molecule has 1 aromatic heterocycles. The van der Waals surface area contributed by atoms with Gasteiger partial charge < -0.3 is 20.1 Å². The molecule has 2 N–H and O–H groups in total. The number of pyridine rings is 1.